The standard InChI is InChI=1S/C11H8FN3O/c12-9-1-2-10(15-6-9)7-3-8(11(13)16)5-14-4-7/h1-6H,(H2,13,16). The van der Waals surface area contributed by atoms with Crippen LogP contribution < -0.4 is 5.73 Å². The Balaban J connectivity index is 2.44. The molecule has 0 radical (unpaired) electrons. The number of halogens is 1. The molecule has 0 saturated heterocycles. The van der Waals surface area contributed by atoms with Crippen LogP contribution in [-0.2, 0) is 0 Å². The van der Waals surface area contributed by atoms with Crippen LogP contribution in [0.25, 0.3) is 11.3 Å². The van der Waals surface area contributed by atoms with Gasteiger partial charge in [0.15, 0.2) is 0 Å². The van der Waals surface area contributed by atoms with Crippen molar-refractivity contribution in [2.45, 2.75) is 0 Å². The van der Waals surface area contributed by atoms with Gasteiger partial charge in [-0.05, 0) is 18.2 Å². The maximum atomic E-state index is 12.7. The first kappa shape index (κ1) is 10.2. The second-order valence-corrected chi connectivity index (χ2v) is 3.19. The lowest BCUT2D eigenvalue weighted by Gasteiger charge is -2.01. The van der Waals surface area contributed by atoms with Crippen LogP contribution in [0.3, 0.4) is 0 Å². The molecular weight excluding hydrogens is 209 g/mol. The number of nitrogens with zero attached hydrogens (tertiary/aromatic N) is 2. The number of hydrogen-bond acceptors (Lipinski definition) is 3. The molecule has 0 spiro atoms. The van der Waals surface area contributed by atoms with Gasteiger partial charge in [0, 0.05) is 18.0 Å². The lowest BCUT2D eigenvalue weighted by atomic mass is 10.1. The van der Waals surface area contributed by atoms with E-state index in [9.17, 15) is 9.18 Å². The third-order valence-corrected chi connectivity index (χ3v) is 2.05. The minimum absolute atomic E-state index is 0.295. The molecule has 2 heterocycles. The van der Waals surface area contributed by atoms with Crippen LogP contribution >= 0.6 is 0 Å². The molecule has 16 heavy (non-hydrogen) atoms. The van der Waals surface area contributed by atoms with Crippen molar-refractivity contribution in [1.82, 2.24) is 9.97 Å². The predicted octanol–water partition coefficient (Wildman–Crippen LogP) is 1.38. The zero-order valence-electron chi connectivity index (χ0n) is 8.22. The molecule has 2 aromatic heterocycles. The van der Waals surface area contributed by atoms with Crippen LogP contribution in [0.4, 0.5) is 4.39 Å². The van der Waals surface area contributed by atoms with E-state index in [0.717, 1.165) is 6.20 Å². The molecule has 0 aliphatic rings. The molecular formula is C11H8FN3O. The molecule has 0 aliphatic carbocycles. The summed E-state index contributed by atoms with van der Waals surface area (Å²) in [7, 11) is 0. The number of nitrogens with two attached hydrogens (primary N) is 1. The van der Waals surface area contributed by atoms with Crippen LogP contribution in [0.1, 0.15) is 10.4 Å². The first-order chi connectivity index (χ1) is 7.66. The summed E-state index contributed by atoms with van der Waals surface area (Å²) in [5.74, 6) is -0.973. The second kappa shape index (κ2) is 4.06. The number of rotatable bonds is 2. The van der Waals surface area contributed by atoms with Crippen molar-refractivity contribution in [3.8, 4) is 11.3 Å². The topological polar surface area (TPSA) is 68.9 Å². The Morgan fingerprint density at radius 3 is 2.69 bits per heavy atom. The number of carbonyl (C=O) groups excluding carboxylic acids is 1. The van der Waals surface area contributed by atoms with E-state index in [4.69, 9.17) is 5.73 Å². The molecule has 80 valence electrons. The third-order valence-electron chi connectivity index (χ3n) is 2.05. The minimum Gasteiger partial charge on any atom is -0.366 e. The lowest BCUT2D eigenvalue weighted by molar-refractivity contribution is 0.1000. The summed E-state index contributed by atoms with van der Waals surface area (Å²) < 4.78 is 12.7. The zero-order valence-corrected chi connectivity index (χ0v) is 8.22. The molecule has 5 heteroatoms. The highest BCUT2D eigenvalue weighted by Crippen LogP contribution is 2.16. The summed E-state index contributed by atoms with van der Waals surface area (Å²) in [4.78, 5) is 18.7. The van der Waals surface area contributed by atoms with E-state index in [1.54, 1.807) is 6.07 Å². The summed E-state index contributed by atoms with van der Waals surface area (Å²) in [5.41, 5.74) is 6.58. The van der Waals surface area contributed by atoms with Gasteiger partial charge in [0.05, 0.1) is 17.5 Å². The average Bonchev–Trinajstić information content (AvgIpc) is 2.30. The first-order valence-electron chi connectivity index (χ1n) is 4.53. The van der Waals surface area contributed by atoms with Gasteiger partial charge in [-0.1, -0.05) is 0 Å². The van der Waals surface area contributed by atoms with Gasteiger partial charge in [-0.2, -0.15) is 0 Å². The SMILES string of the molecule is NC(=O)c1cncc(-c2ccc(F)cn2)c1. The molecule has 0 atom stereocenters. The minimum atomic E-state index is -0.559. The Labute approximate surface area is 91.0 Å². The summed E-state index contributed by atoms with van der Waals surface area (Å²) >= 11 is 0. The van der Waals surface area contributed by atoms with E-state index in [1.165, 1.54) is 24.5 Å². The summed E-state index contributed by atoms with van der Waals surface area (Å²) in [6.07, 6.45) is 4.01. The van der Waals surface area contributed by atoms with E-state index >= 15 is 0 Å². The predicted molar refractivity (Wildman–Crippen MR) is 55.9 cm³/mol. The number of pyridine rings is 2. The largest absolute Gasteiger partial charge is 0.366 e. The van der Waals surface area contributed by atoms with Gasteiger partial charge in [0.1, 0.15) is 5.82 Å². The Hall–Kier alpha value is -2.30. The molecule has 4 nitrogen and oxygen atoms in total. The Morgan fingerprint density at radius 2 is 2.06 bits per heavy atom. The molecule has 0 aliphatic heterocycles. The van der Waals surface area contributed by atoms with Crippen LogP contribution in [0, 0.1) is 5.82 Å². The van der Waals surface area contributed by atoms with Gasteiger partial charge in [-0.25, -0.2) is 4.39 Å². The molecule has 2 rings (SSSR count). The maximum absolute atomic E-state index is 12.7. The van der Waals surface area contributed by atoms with E-state index in [2.05, 4.69) is 9.97 Å². The fourth-order valence-electron chi connectivity index (χ4n) is 1.26. The molecule has 0 unspecified atom stereocenters. The van der Waals surface area contributed by atoms with Gasteiger partial charge >= 0.3 is 0 Å². The average molecular weight is 217 g/mol. The normalized spacial score (nSPS) is 10.1. The van der Waals surface area contributed by atoms with E-state index in [1.807, 2.05) is 0 Å². The van der Waals surface area contributed by atoms with E-state index in [-0.39, 0.29) is 0 Å². The fraction of sp³-hybridized carbons (Fsp3) is 0. The first-order valence-corrected chi connectivity index (χ1v) is 4.53. The molecule has 0 fully saturated rings. The van der Waals surface area contributed by atoms with Crippen LogP contribution in [0.5, 0.6) is 0 Å². The van der Waals surface area contributed by atoms with Crippen molar-refractivity contribution in [2.24, 2.45) is 5.73 Å². The van der Waals surface area contributed by atoms with E-state index in [0.29, 0.717) is 16.8 Å². The van der Waals surface area contributed by atoms with Gasteiger partial charge in [-0.15, -0.1) is 0 Å². The van der Waals surface area contributed by atoms with Crippen molar-refractivity contribution in [1.29, 1.82) is 0 Å². The van der Waals surface area contributed by atoms with Crippen LogP contribution in [0.2, 0.25) is 0 Å². The highest BCUT2D eigenvalue weighted by atomic mass is 19.1. The monoisotopic (exact) mass is 217 g/mol. The van der Waals surface area contributed by atoms with Crippen LogP contribution in [0.15, 0.2) is 36.8 Å². The van der Waals surface area contributed by atoms with Gasteiger partial charge in [-0.3, -0.25) is 14.8 Å². The van der Waals surface area contributed by atoms with Crippen molar-refractivity contribution < 1.29 is 9.18 Å². The van der Waals surface area contributed by atoms with Gasteiger partial charge in [0.25, 0.3) is 0 Å². The lowest BCUT2D eigenvalue weighted by Crippen LogP contribution is -2.11. The number of aromatic nitrogens is 2. The highest BCUT2D eigenvalue weighted by Gasteiger charge is 2.05. The van der Waals surface area contributed by atoms with Crippen LogP contribution in [-0.4, -0.2) is 15.9 Å². The third kappa shape index (κ3) is 2.03. The molecule has 0 aromatic carbocycles. The summed E-state index contributed by atoms with van der Waals surface area (Å²) in [5, 5.41) is 0. The fourth-order valence-corrected chi connectivity index (χ4v) is 1.26. The van der Waals surface area contributed by atoms with Gasteiger partial charge < -0.3 is 5.73 Å². The molecule has 2 N–H and O–H groups in total. The number of carbonyl (C=O) groups is 1. The Bertz CT molecular complexity index is 525. The van der Waals surface area contributed by atoms with E-state index < -0.39 is 11.7 Å². The van der Waals surface area contributed by atoms with Crippen molar-refractivity contribution in [3.63, 3.8) is 0 Å². The van der Waals surface area contributed by atoms with Gasteiger partial charge in [0.2, 0.25) is 5.91 Å². The molecule has 2 aromatic rings. The smallest absolute Gasteiger partial charge is 0.250 e. The Kier molecular flexibility index (Phi) is 2.59. The zero-order chi connectivity index (χ0) is 11.5. The number of primary amides is 1. The highest BCUT2D eigenvalue weighted by molar-refractivity contribution is 5.93. The summed E-state index contributed by atoms with van der Waals surface area (Å²) in [6, 6.07) is 4.37. The van der Waals surface area contributed by atoms with Crippen molar-refractivity contribution in [2.75, 3.05) is 0 Å². The Morgan fingerprint density at radius 1 is 1.25 bits per heavy atom. The molecule has 0 bridgehead atoms. The summed E-state index contributed by atoms with van der Waals surface area (Å²) in [6.45, 7) is 0. The second-order valence-electron chi connectivity index (χ2n) is 3.19. The van der Waals surface area contributed by atoms with Crippen molar-refractivity contribution >= 4 is 5.91 Å². The van der Waals surface area contributed by atoms with Crippen molar-refractivity contribution in [3.05, 3.63) is 48.2 Å². The quantitative estimate of drug-likeness (QED) is 0.826. The number of hydrogen-bond donors (Lipinski definition) is 1. The molecule has 0 saturated carbocycles. The molecule has 1 amide bonds. The maximum Gasteiger partial charge on any atom is 0.250 e. The number of amides is 1.